The fraction of sp³-hybridized carbons (Fsp3) is 0.429. The number of nitrogens with two attached hydrogens (primary N) is 1. The second kappa shape index (κ2) is 7.72. The Kier molecular flexibility index (Phi) is 6.16. The van der Waals surface area contributed by atoms with Crippen LogP contribution in [0, 0.1) is 11.8 Å². The summed E-state index contributed by atoms with van der Waals surface area (Å²) in [5, 5.41) is 0. The van der Waals surface area contributed by atoms with Crippen LogP contribution in [0.25, 0.3) is 0 Å². The average molecular weight is 233 g/mol. The molecule has 0 unspecified atom stereocenters. The van der Waals surface area contributed by atoms with Gasteiger partial charge >= 0.3 is 0 Å². The lowest BCUT2D eigenvalue weighted by Crippen LogP contribution is -1.98. The molecule has 0 aromatic heterocycles. The lowest BCUT2D eigenvalue weighted by Gasteiger charge is -2.09. The topological polar surface area (TPSA) is 44.5 Å². The zero-order chi connectivity index (χ0) is 12.5. The summed E-state index contributed by atoms with van der Waals surface area (Å²) in [4.78, 5) is 0. The van der Waals surface area contributed by atoms with Crippen molar-refractivity contribution in [3.8, 4) is 17.6 Å². The molecule has 17 heavy (non-hydrogen) atoms. The van der Waals surface area contributed by atoms with Crippen LogP contribution in [-0.2, 0) is 11.3 Å². The molecule has 0 spiro atoms. The first kappa shape index (κ1) is 13.6. The third kappa shape index (κ3) is 4.48. The van der Waals surface area contributed by atoms with Gasteiger partial charge in [-0.25, -0.2) is 0 Å². The van der Waals surface area contributed by atoms with Crippen LogP contribution in [-0.4, -0.2) is 20.3 Å². The van der Waals surface area contributed by atoms with Gasteiger partial charge in [-0.3, -0.25) is 0 Å². The van der Waals surface area contributed by atoms with Gasteiger partial charge in [0.1, 0.15) is 5.75 Å². The van der Waals surface area contributed by atoms with Crippen molar-refractivity contribution >= 4 is 0 Å². The summed E-state index contributed by atoms with van der Waals surface area (Å²) in [7, 11) is 1.66. The molecule has 0 aliphatic heterocycles. The highest BCUT2D eigenvalue weighted by Crippen LogP contribution is 2.20. The molecule has 92 valence electrons. The molecule has 0 fully saturated rings. The summed E-state index contributed by atoms with van der Waals surface area (Å²) in [6, 6.07) is 5.81. The minimum atomic E-state index is 0.369. The second-order valence-electron chi connectivity index (χ2n) is 3.59. The monoisotopic (exact) mass is 233 g/mol. The van der Waals surface area contributed by atoms with E-state index in [2.05, 4.69) is 18.8 Å². The molecular weight excluding hydrogens is 214 g/mol. The first-order valence-corrected chi connectivity index (χ1v) is 5.75. The van der Waals surface area contributed by atoms with Crippen molar-refractivity contribution in [2.75, 3.05) is 20.3 Å². The third-order valence-corrected chi connectivity index (χ3v) is 2.22. The Morgan fingerprint density at radius 2 is 2.18 bits per heavy atom. The van der Waals surface area contributed by atoms with Crippen LogP contribution >= 0.6 is 0 Å². The van der Waals surface area contributed by atoms with Gasteiger partial charge in [-0.05, 0) is 24.6 Å². The maximum Gasteiger partial charge on any atom is 0.124 e. The minimum absolute atomic E-state index is 0.369. The standard InChI is InChI=1S/C14H19NO2/c1-3-9-17-11-13-10-12(5-4-8-15)6-7-14(13)16-2/h6-7,10H,3,8-9,11,15H2,1-2H3. The number of hydrogen-bond donors (Lipinski definition) is 1. The smallest absolute Gasteiger partial charge is 0.124 e. The Morgan fingerprint density at radius 3 is 2.82 bits per heavy atom. The third-order valence-electron chi connectivity index (χ3n) is 2.22. The highest BCUT2D eigenvalue weighted by atomic mass is 16.5. The number of ether oxygens (including phenoxy) is 2. The Balaban J connectivity index is 2.82. The van der Waals surface area contributed by atoms with E-state index in [0.29, 0.717) is 13.2 Å². The van der Waals surface area contributed by atoms with Crippen molar-refractivity contribution in [1.29, 1.82) is 0 Å². The van der Waals surface area contributed by atoms with E-state index in [9.17, 15) is 0 Å². The Hall–Kier alpha value is -1.50. The van der Waals surface area contributed by atoms with Gasteiger partial charge < -0.3 is 15.2 Å². The van der Waals surface area contributed by atoms with Crippen LogP contribution in [0.4, 0.5) is 0 Å². The Bertz CT molecular complexity index is 404. The van der Waals surface area contributed by atoms with Gasteiger partial charge in [-0.1, -0.05) is 18.8 Å². The molecule has 1 rings (SSSR count). The van der Waals surface area contributed by atoms with Crippen LogP contribution in [0.3, 0.4) is 0 Å². The zero-order valence-corrected chi connectivity index (χ0v) is 10.5. The number of benzene rings is 1. The minimum Gasteiger partial charge on any atom is -0.496 e. The Morgan fingerprint density at radius 1 is 1.35 bits per heavy atom. The molecule has 0 aliphatic carbocycles. The number of hydrogen-bond acceptors (Lipinski definition) is 3. The van der Waals surface area contributed by atoms with E-state index >= 15 is 0 Å². The molecule has 0 saturated heterocycles. The highest BCUT2D eigenvalue weighted by molar-refractivity contribution is 5.44. The normalized spacial score (nSPS) is 9.59. The average Bonchev–Trinajstić information content (AvgIpc) is 2.37. The van der Waals surface area contributed by atoms with E-state index in [1.165, 1.54) is 0 Å². The van der Waals surface area contributed by atoms with Gasteiger partial charge in [0.05, 0.1) is 20.3 Å². The van der Waals surface area contributed by atoms with E-state index in [-0.39, 0.29) is 0 Å². The molecule has 0 radical (unpaired) electrons. The summed E-state index contributed by atoms with van der Waals surface area (Å²) in [5.41, 5.74) is 7.30. The van der Waals surface area contributed by atoms with E-state index < -0.39 is 0 Å². The fourth-order valence-electron chi connectivity index (χ4n) is 1.45. The SMILES string of the molecule is CCCOCc1cc(C#CCN)ccc1OC. The predicted octanol–water partition coefficient (Wildman–Crippen LogP) is 1.93. The number of methoxy groups -OCH3 is 1. The molecule has 2 N–H and O–H groups in total. The van der Waals surface area contributed by atoms with E-state index in [1.54, 1.807) is 7.11 Å². The van der Waals surface area contributed by atoms with Crippen molar-refractivity contribution in [1.82, 2.24) is 0 Å². The van der Waals surface area contributed by atoms with Gasteiger partial charge in [0.25, 0.3) is 0 Å². The van der Waals surface area contributed by atoms with Crippen molar-refractivity contribution < 1.29 is 9.47 Å². The van der Waals surface area contributed by atoms with Crippen molar-refractivity contribution in [2.45, 2.75) is 20.0 Å². The second-order valence-corrected chi connectivity index (χ2v) is 3.59. The molecule has 0 atom stereocenters. The molecular formula is C14H19NO2. The van der Waals surface area contributed by atoms with E-state index in [1.807, 2.05) is 18.2 Å². The van der Waals surface area contributed by atoms with Gasteiger partial charge in [0.2, 0.25) is 0 Å². The quantitative estimate of drug-likeness (QED) is 0.624. The summed E-state index contributed by atoms with van der Waals surface area (Å²) < 4.78 is 10.8. The highest BCUT2D eigenvalue weighted by Gasteiger charge is 2.03. The zero-order valence-electron chi connectivity index (χ0n) is 10.5. The molecule has 1 aromatic carbocycles. The van der Waals surface area contributed by atoms with Crippen molar-refractivity contribution in [3.05, 3.63) is 29.3 Å². The lowest BCUT2D eigenvalue weighted by molar-refractivity contribution is 0.119. The van der Waals surface area contributed by atoms with Crippen LogP contribution in [0.2, 0.25) is 0 Å². The van der Waals surface area contributed by atoms with Crippen molar-refractivity contribution in [2.24, 2.45) is 5.73 Å². The summed E-state index contributed by atoms with van der Waals surface area (Å²) >= 11 is 0. The number of rotatable bonds is 5. The largest absolute Gasteiger partial charge is 0.496 e. The Labute approximate surface area is 103 Å². The van der Waals surface area contributed by atoms with E-state index in [4.69, 9.17) is 15.2 Å². The maximum absolute atomic E-state index is 5.52. The first-order chi connectivity index (χ1) is 8.31. The van der Waals surface area contributed by atoms with E-state index in [0.717, 1.165) is 29.9 Å². The molecule has 0 aliphatic rings. The van der Waals surface area contributed by atoms with Crippen LogP contribution in [0.15, 0.2) is 18.2 Å². The summed E-state index contributed by atoms with van der Waals surface area (Å²) in [6.45, 7) is 3.76. The summed E-state index contributed by atoms with van der Waals surface area (Å²) in [5.74, 6) is 6.67. The van der Waals surface area contributed by atoms with Gasteiger partial charge in [-0.15, -0.1) is 0 Å². The van der Waals surface area contributed by atoms with Crippen molar-refractivity contribution in [3.63, 3.8) is 0 Å². The van der Waals surface area contributed by atoms with Crippen LogP contribution in [0.1, 0.15) is 24.5 Å². The summed E-state index contributed by atoms with van der Waals surface area (Å²) in [6.07, 6.45) is 1.01. The fourth-order valence-corrected chi connectivity index (χ4v) is 1.45. The predicted molar refractivity (Wildman–Crippen MR) is 68.9 cm³/mol. The first-order valence-electron chi connectivity index (χ1n) is 5.75. The molecule has 0 amide bonds. The molecule has 3 heteroatoms. The molecule has 1 aromatic rings. The van der Waals surface area contributed by atoms with Gasteiger partial charge in [0, 0.05) is 17.7 Å². The molecule has 0 bridgehead atoms. The van der Waals surface area contributed by atoms with Crippen LogP contribution in [0.5, 0.6) is 5.75 Å². The van der Waals surface area contributed by atoms with Gasteiger partial charge in [-0.2, -0.15) is 0 Å². The lowest BCUT2D eigenvalue weighted by atomic mass is 10.1. The molecule has 0 heterocycles. The van der Waals surface area contributed by atoms with Crippen LogP contribution < -0.4 is 10.5 Å². The molecule has 3 nitrogen and oxygen atoms in total. The molecule has 0 saturated carbocycles. The maximum atomic E-state index is 5.52. The van der Waals surface area contributed by atoms with Gasteiger partial charge in [0.15, 0.2) is 0 Å².